The van der Waals surface area contributed by atoms with Gasteiger partial charge in [-0.1, -0.05) is 0 Å². The average Bonchev–Trinajstić information content (AvgIpc) is 2.75. The second kappa shape index (κ2) is 8.05. The highest BCUT2D eigenvalue weighted by atomic mass is 16.5. The molecule has 0 aromatic rings. The molecule has 15 heavy (non-hydrogen) atoms. The van der Waals surface area contributed by atoms with Crippen molar-refractivity contribution in [3.63, 3.8) is 0 Å². The molecule has 2 atom stereocenters. The van der Waals surface area contributed by atoms with Gasteiger partial charge in [0, 0.05) is 27.4 Å². The highest BCUT2D eigenvalue weighted by molar-refractivity contribution is 4.67. The van der Waals surface area contributed by atoms with Gasteiger partial charge in [-0.25, -0.2) is 0 Å². The molecular formula is C11H23NO3. The van der Waals surface area contributed by atoms with Crippen molar-refractivity contribution in [1.29, 1.82) is 0 Å². The quantitative estimate of drug-likeness (QED) is 0.611. The van der Waals surface area contributed by atoms with Crippen molar-refractivity contribution < 1.29 is 14.2 Å². The van der Waals surface area contributed by atoms with Gasteiger partial charge >= 0.3 is 0 Å². The number of hydrogen-bond donors (Lipinski definition) is 1. The summed E-state index contributed by atoms with van der Waals surface area (Å²) in [5.74, 6) is 0. The topological polar surface area (TPSA) is 39.7 Å². The first-order chi connectivity index (χ1) is 7.36. The van der Waals surface area contributed by atoms with Crippen LogP contribution in [0.2, 0.25) is 0 Å². The zero-order valence-electron chi connectivity index (χ0n) is 9.83. The molecule has 0 aliphatic carbocycles. The van der Waals surface area contributed by atoms with Crippen molar-refractivity contribution in [2.75, 3.05) is 40.5 Å². The first kappa shape index (κ1) is 12.9. The van der Waals surface area contributed by atoms with E-state index in [4.69, 9.17) is 14.2 Å². The molecule has 0 saturated carbocycles. The summed E-state index contributed by atoms with van der Waals surface area (Å²) in [7, 11) is 3.41. The fourth-order valence-electron chi connectivity index (χ4n) is 1.79. The molecule has 1 aliphatic heterocycles. The lowest BCUT2D eigenvalue weighted by molar-refractivity contribution is 0.0281. The summed E-state index contributed by atoms with van der Waals surface area (Å²) >= 11 is 0. The Kier molecular flexibility index (Phi) is 6.92. The minimum Gasteiger partial charge on any atom is -0.382 e. The van der Waals surface area contributed by atoms with Crippen LogP contribution in [-0.4, -0.2) is 52.7 Å². The molecule has 2 unspecified atom stereocenters. The van der Waals surface area contributed by atoms with Crippen molar-refractivity contribution >= 4 is 0 Å². The van der Waals surface area contributed by atoms with Gasteiger partial charge < -0.3 is 19.5 Å². The van der Waals surface area contributed by atoms with Gasteiger partial charge in [-0.05, 0) is 25.8 Å². The second-order valence-corrected chi connectivity index (χ2v) is 3.94. The summed E-state index contributed by atoms with van der Waals surface area (Å²) in [5.41, 5.74) is 0. The third-order valence-electron chi connectivity index (χ3n) is 2.72. The largest absolute Gasteiger partial charge is 0.382 e. The molecule has 0 radical (unpaired) electrons. The van der Waals surface area contributed by atoms with Crippen molar-refractivity contribution in [2.24, 2.45) is 0 Å². The van der Waals surface area contributed by atoms with Gasteiger partial charge in [0.25, 0.3) is 0 Å². The minimum absolute atomic E-state index is 0.152. The van der Waals surface area contributed by atoms with E-state index in [0.29, 0.717) is 12.7 Å². The number of methoxy groups -OCH3 is 2. The summed E-state index contributed by atoms with van der Waals surface area (Å²) in [6.07, 6.45) is 4.16. The molecule has 1 fully saturated rings. The Morgan fingerprint density at radius 1 is 1.47 bits per heavy atom. The Morgan fingerprint density at radius 2 is 2.33 bits per heavy atom. The summed E-state index contributed by atoms with van der Waals surface area (Å²) in [5, 5.41) is 3.36. The molecule has 0 spiro atoms. The van der Waals surface area contributed by atoms with Crippen molar-refractivity contribution in [3.8, 4) is 0 Å². The number of rotatable bonds is 8. The van der Waals surface area contributed by atoms with Crippen molar-refractivity contribution in [1.82, 2.24) is 5.32 Å². The van der Waals surface area contributed by atoms with Gasteiger partial charge in [-0.15, -0.1) is 0 Å². The van der Waals surface area contributed by atoms with Crippen LogP contribution in [0.15, 0.2) is 0 Å². The van der Waals surface area contributed by atoms with Gasteiger partial charge in [0.1, 0.15) is 0 Å². The summed E-state index contributed by atoms with van der Waals surface area (Å²) < 4.78 is 15.8. The molecule has 0 aromatic heterocycles. The van der Waals surface area contributed by atoms with E-state index in [9.17, 15) is 0 Å². The van der Waals surface area contributed by atoms with E-state index < -0.39 is 0 Å². The molecule has 4 heteroatoms. The second-order valence-electron chi connectivity index (χ2n) is 3.94. The lowest BCUT2D eigenvalue weighted by Crippen LogP contribution is -2.33. The van der Waals surface area contributed by atoms with Gasteiger partial charge in [0.15, 0.2) is 0 Å². The predicted octanol–water partition coefficient (Wildman–Crippen LogP) is 0.806. The van der Waals surface area contributed by atoms with Crippen LogP contribution in [0, 0.1) is 0 Å². The first-order valence-electron chi connectivity index (χ1n) is 5.71. The Morgan fingerprint density at radius 3 is 2.93 bits per heavy atom. The fourth-order valence-corrected chi connectivity index (χ4v) is 1.79. The maximum Gasteiger partial charge on any atom is 0.0928 e. The number of hydrogen-bond acceptors (Lipinski definition) is 4. The minimum atomic E-state index is 0.152. The Hall–Kier alpha value is -0.160. The highest BCUT2D eigenvalue weighted by Crippen LogP contribution is 2.14. The molecule has 0 bridgehead atoms. The van der Waals surface area contributed by atoms with Gasteiger partial charge in [0.2, 0.25) is 0 Å². The van der Waals surface area contributed by atoms with Gasteiger partial charge in [0.05, 0.1) is 18.8 Å². The van der Waals surface area contributed by atoms with E-state index in [2.05, 4.69) is 5.32 Å². The van der Waals surface area contributed by atoms with Crippen LogP contribution < -0.4 is 5.32 Å². The maximum absolute atomic E-state index is 5.54. The Labute approximate surface area is 92.3 Å². The smallest absolute Gasteiger partial charge is 0.0928 e. The van der Waals surface area contributed by atoms with Gasteiger partial charge in [-0.3, -0.25) is 0 Å². The van der Waals surface area contributed by atoms with Crippen molar-refractivity contribution in [2.45, 2.75) is 31.5 Å². The third-order valence-corrected chi connectivity index (χ3v) is 2.72. The molecule has 0 amide bonds. The van der Waals surface area contributed by atoms with E-state index in [1.165, 1.54) is 12.8 Å². The molecule has 0 aromatic carbocycles. The molecule has 1 heterocycles. The fraction of sp³-hybridized carbons (Fsp3) is 1.00. The van der Waals surface area contributed by atoms with Crippen LogP contribution in [0.1, 0.15) is 19.3 Å². The molecule has 4 nitrogen and oxygen atoms in total. The highest BCUT2D eigenvalue weighted by Gasteiger charge is 2.14. The average molecular weight is 217 g/mol. The van der Waals surface area contributed by atoms with Crippen LogP contribution in [0.5, 0.6) is 0 Å². The molecule has 1 N–H and O–H groups in total. The number of nitrogens with one attached hydrogen (secondary N) is 1. The van der Waals surface area contributed by atoms with Crippen LogP contribution >= 0.6 is 0 Å². The zero-order valence-corrected chi connectivity index (χ0v) is 9.83. The zero-order chi connectivity index (χ0) is 10.9. The Balaban J connectivity index is 1.94. The molecule has 1 aliphatic rings. The van der Waals surface area contributed by atoms with E-state index in [1.807, 2.05) is 0 Å². The van der Waals surface area contributed by atoms with E-state index in [-0.39, 0.29) is 6.10 Å². The number of ether oxygens (including phenoxy) is 3. The standard InChI is InChI=1S/C11H23NO3/c1-13-9-11(14-2)8-12-6-5-10-4-3-7-15-10/h10-12H,3-9H2,1-2H3. The summed E-state index contributed by atoms with van der Waals surface area (Å²) in [6, 6.07) is 0. The Bertz CT molecular complexity index is 149. The van der Waals surface area contributed by atoms with E-state index in [0.717, 1.165) is 26.1 Å². The monoisotopic (exact) mass is 217 g/mol. The SMILES string of the molecule is COCC(CNCCC1CCCO1)OC. The van der Waals surface area contributed by atoms with Crippen LogP contribution in [-0.2, 0) is 14.2 Å². The summed E-state index contributed by atoms with van der Waals surface area (Å²) in [6.45, 7) is 3.42. The molecule has 1 saturated heterocycles. The van der Waals surface area contributed by atoms with Crippen molar-refractivity contribution in [3.05, 3.63) is 0 Å². The molecule has 1 rings (SSSR count). The van der Waals surface area contributed by atoms with E-state index in [1.54, 1.807) is 14.2 Å². The van der Waals surface area contributed by atoms with Crippen LogP contribution in [0.4, 0.5) is 0 Å². The predicted molar refractivity (Wildman–Crippen MR) is 59.1 cm³/mol. The maximum atomic E-state index is 5.54. The van der Waals surface area contributed by atoms with E-state index >= 15 is 0 Å². The first-order valence-corrected chi connectivity index (χ1v) is 5.71. The summed E-state index contributed by atoms with van der Waals surface area (Å²) in [4.78, 5) is 0. The van der Waals surface area contributed by atoms with Gasteiger partial charge in [-0.2, -0.15) is 0 Å². The lowest BCUT2D eigenvalue weighted by atomic mass is 10.2. The normalized spacial score (nSPS) is 23.2. The molecular weight excluding hydrogens is 194 g/mol. The molecule has 90 valence electrons. The van der Waals surface area contributed by atoms with Crippen LogP contribution in [0.25, 0.3) is 0 Å². The lowest BCUT2D eigenvalue weighted by Gasteiger charge is -2.16. The van der Waals surface area contributed by atoms with Crippen LogP contribution in [0.3, 0.4) is 0 Å². The third kappa shape index (κ3) is 5.47.